The number of rotatable bonds is 3. The van der Waals surface area contributed by atoms with Crippen LogP contribution in [0.1, 0.15) is 30.0 Å². The van der Waals surface area contributed by atoms with Crippen molar-refractivity contribution in [3.8, 4) is 0 Å². The normalized spacial score (nSPS) is 26.1. The lowest BCUT2D eigenvalue weighted by atomic mass is 9.93. The molecule has 1 aliphatic heterocycles. The van der Waals surface area contributed by atoms with Crippen LogP contribution >= 0.6 is 0 Å². The van der Waals surface area contributed by atoms with Gasteiger partial charge in [0.2, 0.25) is 0 Å². The van der Waals surface area contributed by atoms with Crippen molar-refractivity contribution in [2.45, 2.75) is 45.8 Å². The van der Waals surface area contributed by atoms with Gasteiger partial charge < -0.3 is 9.84 Å². The molecule has 0 spiro atoms. The molecule has 1 aromatic carbocycles. The molecule has 0 radical (unpaired) electrons. The van der Waals surface area contributed by atoms with Crippen LogP contribution < -0.4 is 0 Å². The maximum absolute atomic E-state index is 10.3. The summed E-state index contributed by atoms with van der Waals surface area (Å²) in [5.41, 5.74) is 3.73. The van der Waals surface area contributed by atoms with Crippen molar-refractivity contribution in [2.24, 2.45) is 5.92 Å². The molecular weight excluding hydrogens is 212 g/mol. The van der Waals surface area contributed by atoms with Crippen molar-refractivity contribution >= 4 is 0 Å². The van der Waals surface area contributed by atoms with Crippen molar-refractivity contribution in [3.05, 3.63) is 34.9 Å². The Morgan fingerprint density at radius 3 is 2.82 bits per heavy atom. The number of hydrogen-bond donors (Lipinski definition) is 1. The minimum atomic E-state index is -0.381. The first-order chi connectivity index (χ1) is 8.08. The molecule has 1 aromatic rings. The summed E-state index contributed by atoms with van der Waals surface area (Å²) in [6, 6.07) is 6.40. The lowest BCUT2D eigenvalue weighted by Crippen LogP contribution is -2.32. The second-order valence-electron chi connectivity index (χ2n) is 5.30. The monoisotopic (exact) mass is 234 g/mol. The van der Waals surface area contributed by atoms with Crippen molar-refractivity contribution in [1.29, 1.82) is 0 Å². The predicted molar refractivity (Wildman–Crippen MR) is 69.1 cm³/mol. The minimum Gasteiger partial charge on any atom is -0.390 e. The zero-order valence-electron chi connectivity index (χ0n) is 10.9. The fourth-order valence-corrected chi connectivity index (χ4v) is 2.57. The van der Waals surface area contributed by atoms with Crippen molar-refractivity contribution in [2.75, 3.05) is 6.61 Å². The number of hydrogen-bond acceptors (Lipinski definition) is 2. The third-order valence-electron chi connectivity index (χ3n) is 3.76. The largest absolute Gasteiger partial charge is 0.390 e. The average molecular weight is 234 g/mol. The Hall–Kier alpha value is -0.860. The Morgan fingerprint density at radius 1 is 1.41 bits per heavy atom. The molecule has 1 fully saturated rings. The molecule has 1 N–H and O–H groups in total. The van der Waals surface area contributed by atoms with Crippen LogP contribution in [-0.2, 0) is 11.2 Å². The van der Waals surface area contributed by atoms with Gasteiger partial charge in [-0.2, -0.15) is 0 Å². The van der Waals surface area contributed by atoms with E-state index in [0.717, 1.165) is 13.0 Å². The van der Waals surface area contributed by atoms with Gasteiger partial charge in [0.1, 0.15) is 0 Å². The van der Waals surface area contributed by atoms with Crippen molar-refractivity contribution in [3.63, 3.8) is 0 Å². The molecule has 3 unspecified atom stereocenters. The topological polar surface area (TPSA) is 29.5 Å². The molecule has 2 rings (SSSR count). The molecule has 0 saturated carbocycles. The molecule has 1 heterocycles. The van der Waals surface area contributed by atoms with Crippen LogP contribution in [0, 0.1) is 19.8 Å². The molecule has 2 heteroatoms. The Morgan fingerprint density at radius 2 is 2.18 bits per heavy atom. The van der Waals surface area contributed by atoms with E-state index in [9.17, 15) is 5.11 Å². The molecule has 1 saturated heterocycles. The summed E-state index contributed by atoms with van der Waals surface area (Å²) in [7, 11) is 0. The maximum atomic E-state index is 10.3. The van der Waals surface area contributed by atoms with Gasteiger partial charge in [-0.25, -0.2) is 0 Å². The van der Waals surface area contributed by atoms with E-state index >= 15 is 0 Å². The van der Waals surface area contributed by atoms with E-state index in [0.29, 0.717) is 12.3 Å². The molecule has 0 bridgehead atoms. The van der Waals surface area contributed by atoms with Gasteiger partial charge in [-0.15, -0.1) is 0 Å². The Bertz CT molecular complexity index is 387. The van der Waals surface area contributed by atoms with Gasteiger partial charge in [-0.05, 0) is 37.3 Å². The van der Waals surface area contributed by atoms with Gasteiger partial charge in [-0.1, -0.05) is 30.7 Å². The first-order valence-corrected chi connectivity index (χ1v) is 6.43. The quantitative estimate of drug-likeness (QED) is 0.871. The number of ether oxygens (including phenoxy) is 1. The molecule has 0 aliphatic carbocycles. The van der Waals surface area contributed by atoms with Crippen LogP contribution in [0.15, 0.2) is 18.2 Å². The fourth-order valence-electron chi connectivity index (χ4n) is 2.57. The van der Waals surface area contributed by atoms with Crippen molar-refractivity contribution in [1.82, 2.24) is 0 Å². The lowest BCUT2D eigenvalue weighted by Gasteiger charge is -2.22. The standard InChI is InChI=1S/C15H22O2/c1-10-4-5-11(2)13(8-10)9-14(16)15-12(3)6-7-17-15/h4-5,8,12,14-16H,6-7,9H2,1-3H3. The van der Waals surface area contributed by atoms with E-state index in [1.54, 1.807) is 0 Å². The second kappa shape index (κ2) is 5.19. The van der Waals surface area contributed by atoms with E-state index in [1.165, 1.54) is 16.7 Å². The molecule has 2 nitrogen and oxygen atoms in total. The van der Waals surface area contributed by atoms with Gasteiger partial charge in [0.25, 0.3) is 0 Å². The highest BCUT2D eigenvalue weighted by molar-refractivity contribution is 5.31. The summed E-state index contributed by atoms with van der Waals surface area (Å²) in [5, 5.41) is 10.3. The van der Waals surface area contributed by atoms with Gasteiger partial charge in [0.05, 0.1) is 12.2 Å². The number of benzene rings is 1. The summed E-state index contributed by atoms with van der Waals surface area (Å²) in [4.78, 5) is 0. The second-order valence-corrected chi connectivity index (χ2v) is 5.30. The summed E-state index contributed by atoms with van der Waals surface area (Å²) in [6.45, 7) is 7.13. The van der Waals surface area contributed by atoms with Gasteiger partial charge in [0, 0.05) is 13.0 Å². The zero-order chi connectivity index (χ0) is 12.4. The highest BCUT2D eigenvalue weighted by atomic mass is 16.5. The molecule has 0 aromatic heterocycles. The van der Waals surface area contributed by atoms with Crippen LogP contribution in [0.2, 0.25) is 0 Å². The molecule has 0 amide bonds. The van der Waals surface area contributed by atoms with Crippen LogP contribution in [0.5, 0.6) is 0 Å². The fraction of sp³-hybridized carbons (Fsp3) is 0.600. The highest BCUT2D eigenvalue weighted by Gasteiger charge is 2.30. The van der Waals surface area contributed by atoms with E-state index in [1.807, 2.05) is 0 Å². The lowest BCUT2D eigenvalue weighted by molar-refractivity contribution is -0.0158. The third kappa shape index (κ3) is 2.88. The molecule has 1 aliphatic rings. The van der Waals surface area contributed by atoms with Crippen molar-refractivity contribution < 1.29 is 9.84 Å². The van der Waals surface area contributed by atoms with Gasteiger partial charge >= 0.3 is 0 Å². The average Bonchev–Trinajstić information content (AvgIpc) is 2.70. The molecule has 3 atom stereocenters. The van der Waals surface area contributed by atoms with Gasteiger partial charge in [-0.3, -0.25) is 0 Å². The Labute approximate surface area is 104 Å². The number of aliphatic hydroxyl groups is 1. The Kier molecular flexibility index (Phi) is 3.85. The molecule has 94 valence electrons. The Balaban J connectivity index is 2.07. The van der Waals surface area contributed by atoms with Crippen LogP contribution in [-0.4, -0.2) is 23.9 Å². The summed E-state index contributed by atoms with van der Waals surface area (Å²) >= 11 is 0. The van der Waals surface area contributed by atoms with E-state index in [4.69, 9.17) is 4.74 Å². The zero-order valence-corrected chi connectivity index (χ0v) is 10.9. The van der Waals surface area contributed by atoms with E-state index in [-0.39, 0.29) is 12.2 Å². The van der Waals surface area contributed by atoms with Crippen LogP contribution in [0.4, 0.5) is 0 Å². The van der Waals surface area contributed by atoms with Crippen LogP contribution in [0.25, 0.3) is 0 Å². The van der Waals surface area contributed by atoms with Crippen LogP contribution in [0.3, 0.4) is 0 Å². The third-order valence-corrected chi connectivity index (χ3v) is 3.76. The predicted octanol–water partition coefficient (Wildman–Crippen LogP) is 2.63. The first kappa shape index (κ1) is 12.6. The SMILES string of the molecule is Cc1ccc(C)c(CC(O)C2OCCC2C)c1. The van der Waals surface area contributed by atoms with E-state index < -0.39 is 0 Å². The minimum absolute atomic E-state index is 0.00918. The smallest absolute Gasteiger partial charge is 0.0863 e. The number of aryl methyl sites for hydroxylation is 2. The molecule has 17 heavy (non-hydrogen) atoms. The maximum Gasteiger partial charge on any atom is 0.0863 e. The van der Waals surface area contributed by atoms with Gasteiger partial charge in [0.15, 0.2) is 0 Å². The summed E-state index contributed by atoms with van der Waals surface area (Å²) in [5.74, 6) is 0.468. The summed E-state index contributed by atoms with van der Waals surface area (Å²) < 4.78 is 5.62. The molecular formula is C15H22O2. The first-order valence-electron chi connectivity index (χ1n) is 6.43. The number of aliphatic hydroxyl groups excluding tert-OH is 1. The summed E-state index contributed by atoms with van der Waals surface area (Å²) in [6.07, 6.45) is 1.39. The highest BCUT2D eigenvalue weighted by Crippen LogP contribution is 2.25. The van der Waals surface area contributed by atoms with E-state index in [2.05, 4.69) is 39.0 Å².